The summed E-state index contributed by atoms with van der Waals surface area (Å²) in [4.78, 5) is 18.9. The maximum Gasteiger partial charge on any atom is 0.247 e. The van der Waals surface area contributed by atoms with Crippen molar-refractivity contribution in [2.45, 2.75) is 18.3 Å². The second kappa shape index (κ2) is 8.29. The number of benzene rings is 2. The minimum Gasteiger partial charge on any atom is -0.455 e. The van der Waals surface area contributed by atoms with E-state index < -0.39 is 6.23 Å². The number of aromatic nitrogens is 3. The Morgan fingerprint density at radius 2 is 1.94 bits per heavy atom. The zero-order valence-electron chi connectivity index (χ0n) is 17.2. The van der Waals surface area contributed by atoms with E-state index in [4.69, 9.17) is 20.8 Å². The van der Waals surface area contributed by atoms with E-state index in [1.807, 2.05) is 54.8 Å². The lowest BCUT2D eigenvalue weighted by molar-refractivity contribution is -0.118. The number of anilines is 1. The number of rotatable bonds is 3. The van der Waals surface area contributed by atoms with Crippen molar-refractivity contribution in [3.63, 3.8) is 0 Å². The normalized spacial score (nSPS) is 14.8. The number of carbonyl (C=O) groups is 1. The molecule has 4 aromatic rings. The summed E-state index contributed by atoms with van der Waals surface area (Å²) in [5.41, 5.74) is 2.63. The summed E-state index contributed by atoms with van der Waals surface area (Å²) in [5.74, 6) is 1.13. The molecule has 0 aliphatic carbocycles. The summed E-state index contributed by atoms with van der Waals surface area (Å²) in [6.45, 7) is 1.48. The van der Waals surface area contributed by atoms with Crippen LogP contribution in [0.3, 0.4) is 0 Å². The second-order valence-electron chi connectivity index (χ2n) is 7.04. The Morgan fingerprint density at radius 1 is 1.09 bits per heavy atom. The standard InChI is InChI=1S/C23H17ClN4O3S/c1-13(29)28-17-9-4-3-8-16(17)20-21(25-23(32-2)27-26-20)31-22(28)19-11-10-18(30-19)14-6-5-7-15(24)12-14/h3-12,22H,1-2H3. The molecule has 0 saturated carbocycles. The van der Waals surface area contributed by atoms with Crippen LogP contribution in [0.2, 0.25) is 5.02 Å². The van der Waals surface area contributed by atoms with Crippen molar-refractivity contribution in [3.05, 3.63) is 71.4 Å². The fourth-order valence-electron chi connectivity index (χ4n) is 3.61. The van der Waals surface area contributed by atoms with Crippen LogP contribution in [0.1, 0.15) is 18.9 Å². The average molecular weight is 465 g/mol. The quantitative estimate of drug-likeness (QED) is 0.364. The zero-order chi connectivity index (χ0) is 22.2. The molecule has 0 bridgehead atoms. The summed E-state index contributed by atoms with van der Waals surface area (Å²) >= 11 is 7.49. The lowest BCUT2D eigenvalue weighted by atomic mass is 10.1. The molecule has 0 fully saturated rings. The molecule has 1 aliphatic heterocycles. The molecule has 160 valence electrons. The van der Waals surface area contributed by atoms with Gasteiger partial charge in [0.2, 0.25) is 23.2 Å². The molecule has 1 aliphatic rings. The molecule has 2 aromatic carbocycles. The fourth-order valence-corrected chi connectivity index (χ4v) is 4.09. The van der Waals surface area contributed by atoms with Gasteiger partial charge in [-0.05, 0) is 36.6 Å². The van der Waals surface area contributed by atoms with E-state index in [1.54, 1.807) is 12.1 Å². The van der Waals surface area contributed by atoms with Crippen LogP contribution in [0.15, 0.2) is 70.2 Å². The maximum absolute atomic E-state index is 12.8. The number of para-hydroxylation sites is 1. The topological polar surface area (TPSA) is 81.3 Å². The number of hydrogen-bond acceptors (Lipinski definition) is 7. The fraction of sp³-hybridized carbons (Fsp3) is 0.130. The van der Waals surface area contributed by atoms with Crippen molar-refractivity contribution in [2.75, 3.05) is 11.2 Å². The molecule has 3 heterocycles. The number of fused-ring (bicyclic) bond motifs is 3. The lowest BCUT2D eigenvalue weighted by Crippen LogP contribution is -2.35. The highest BCUT2D eigenvalue weighted by atomic mass is 35.5. The molecule has 1 unspecified atom stereocenters. The van der Waals surface area contributed by atoms with Gasteiger partial charge in [-0.3, -0.25) is 9.69 Å². The predicted molar refractivity (Wildman–Crippen MR) is 123 cm³/mol. The summed E-state index contributed by atoms with van der Waals surface area (Å²) in [7, 11) is 0. The molecule has 7 nitrogen and oxygen atoms in total. The third-order valence-corrected chi connectivity index (χ3v) is 5.79. The first-order valence-corrected chi connectivity index (χ1v) is 11.4. The highest BCUT2D eigenvalue weighted by Crippen LogP contribution is 2.44. The van der Waals surface area contributed by atoms with E-state index in [-0.39, 0.29) is 11.8 Å². The lowest BCUT2D eigenvalue weighted by Gasteiger charge is -2.28. The van der Waals surface area contributed by atoms with Gasteiger partial charge >= 0.3 is 0 Å². The Morgan fingerprint density at radius 3 is 2.72 bits per heavy atom. The molecule has 0 spiro atoms. The number of ether oxygens (including phenoxy) is 1. The Bertz CT molecular complexity index is 1330. The van der Waals surface area contributed by atoms with Crippen LogP contribution in [-0.4, -0.2) is 27.3 Å². The number of thioether (sulfide) groups is 1. The van der Waals surface area contributed by atoms with Gasteiger partial charge in [0.25, 0.3) is 0 Å². The molecular formula is C23H17ClN4O3S. The van der Waals surface area contributed by atoms with Gasteiger partial charge in [0.05, 0.1) is 5.69 Å². The summed E-state index contributed by atoms with van der Waals surface area (Å²) in [6.07, 6.45) is 0.978. The molecule has 9 heteroatoms. The summed E-state index contributed by atoms with van der Waals surface area (Å²) in [6, 6.07) is 18.4. The largest absolute Gasteiger partial charge is 0.455 e. The van der Waals surface area contributed by atoms with Gasteiger partial charge in [-0.2, -0.15) is 4.98 Å². The minimum atomic E-state index is -0.880. The SMILES string of the molecule is CSc1nnc2c(n1)OC(c1ccc(-c3cccc(Cl)c3)o1)N(C(C)=O)c1ccccc1-2. The predicted octanol–water partition coefficient (Wildman–Crippen LogP) is 5.62. The number of carbonyl (C=O) groups excluding carboxylic acids is 1. The van der Waals surface area contributed by atoms with Crippen LogP contribution in [0.5, 0.6) is 5.88 Å². The number of nitrogens with zero attached hydrogens (tertiary/aromatic N) is 4. The van der Waals surface area contributed by atoms with Crippen LogP contribution < -0.4 is 9.64 Å². The van der Waals surface area contributed by atoms with E-state index >= 15 is 0 Å². The Labute approximate surface area is 193 Å². The molecule has 32 heavy (non-hydrogen) atoms. The van der Waals surface area contributed by atoms with E-state index in [0.29, 0.717) is 38.6 Å². The third kappa shape index (κ3) is 3.61. The van der Waals surface area contributed by atoms with Gasteiger partial charge in [-0.1, -0.05) is 53.7 Å². The molecule has 0 saturated heterocycles. The van der Waals surface area contributed by atoms with Crippen LogP contribution >= 0.6 is 23.4 Å². The number of halogens is 1. The highest BCUT2D eigenvalue weighted by Gasteiger charge is 2.36. The van der Waals surface area contributed by atoms with E-state index in [1.165, 1.54) is 23.6 Å². The first-order valence-electron chi connectivity index (χ1n) is 9.75. The van der Waals surface area contributed by atoms with Crippen molar-refractivity contribution in [2.24, 2.45) is 0 Å². The molecule has 2 aromatic heterocycles. The molecule has 1 atom stereocenters. The van der Waals surface area contributed by atoms with Gasteiger partial charge < -0.3 is 9.15 Å². The smallest absolute Gasteiger partial charge is 0.247 e. The van der Waals surface area contributed by atoms with Crippen LogP contribution in [0.25, 0.3) is 22.6 Å². The van der Waals surface area contributed by atoms with Crippen LogP contribution in [-0.2, 0) is 4.79 Å². The van der Waals surface area contributed by atoms with Crippen molar-refractivity contribution in [3.8, 4) is 28.5 Å². The average Bonchev–Trinajstić information content (AvgIpc) is 3.23. The van der Waals surface area contributed by atoms with Crippen molar-refractivity contribution < 1.29 is 13.9 Å². The number of hydrogen-bond donors (Lipinski definition) is 0. The Hall–Kier alpha value is -3.36. The maximum atomic E-state index is 12.8. The van der Waals surface area contributed by atoms with E-state index in [0.717, 1.165) is 5.56 Å². The first kappa shape index (κ1) is 20.5. The number of amides is 1. The van der Waals surface area contributed by atoms with Gasteiger partial charge in [-0.15, -0.1) is 10.2 Å². The van der Waals surface area contributed by atoms with Crippen molar-refractivity contribution in [1.82, 2.24) is 15.2 Å². The molecule has 0 radical (unpaired) electrons. The molecule has 0 N–H and O–H groups in total. The first-order chi connectivity index (χ1) is 15.5. The minimum absolute atomic E-state index is 0.214. The van der Waals surface area contributed by atoms with Crippen molar-refractivity contribution >= 4 is 35.0 Å². The molecule has 5 rings (SSSR count). The van der Waals surface area contributed by atoms with Gasteiger partial charge in [0.15, 0.2) is 11.5 Å². The van der Waals surface area contributed by atoms with Crippen LogP contribution in [0, 0.1) is 0 Å². The molecular weight excluding hydrogens is 448 g/mol. The Balaban J connectivity index is 1.67. The third-order valence-electron chi connectivity index (χ3n) is 5.01. The van der Waals surface area contributed by atoms with Gasteiger partial charge in [0, 0.05) is 23.1 Å². The second-order valence-corrected chi connectivity index (χ2v) is 8.25. The van der Waals surface area contributed by atoms with E-state index in [2.05, 4.69) is 15.2 Å². The number of furan rings is 1. The summed E-state index contributed by atoms with van der Waals surface area (Å²) < 4.78 is 12.4. The van der Waals surface area contributed by atoms with E-state index in [9.17, 15) is 4.79 Å². The van der Waals surface area contributed by atoms with Gasteiger partial charge in [0.1, 0.15) is 5.76 Å². The monoisotopic (exact) mass is 464 g/mol. The van der Waals surface area contributed by atoms with Crippen molar-refractivity contribution in [1.29, 1.82) is 0 Å². The zero-order valence-corrected chi connectivity index (χ0v) is 18.7. The van der Waals surface area contributed by atoms with Crippen LogP contribution in [0.4, 0.5) is 5.69 Å². The highest BCUT2D eigenvalue weighted by molar-refractivity contribution is 7.98. The molecule has 1 amide bonds. The van der Waals surface area contributed by atoms with Gasteiger partial charge in [-0.25, -0.2) is 0 Å². The summed E-state index contributed by atoms with van der Waals surface area (Å²) in [5, 5.41) is 9.56. The Kier molecular flexibility index (Phi) is 5.32.